The van der Waals surface area contributed by atoms with Crippen LogP contribution in [-0.2, 0) is 9.59 Å². The van der Waals surface area contributed by atoms with Gasteiger partial charge in [-0.1, -0.05) is 50.6 Å². The number of carbonyl (C=O) groups is 2. The first-order valence-electron chi connectivity index (χ1n) is 7.15. The van der Waals surface area contributed by atoms with Gasteiger partial charge in [0, 0.05) is 6.04 Å². The van der Waals surface area contributed by atoms with E-state index in [0.717, 1.165) is 12.0 Å². The molecule has 0 saturated heterocycles. The van der Waals surface area contributed by atoms with E-state index in [1.165, 1.54) is 0 Å². The predicted molar refractivity (Wildman–Crippen MR) is 78.6 cm³/mol. The van der Waals surface area contributed by atoms with Crippen LogP contribution >= 0.6 is 0 Å². The zero-order chi connectivity index (χ0) is 15.0. The second kappa shape index (κ2) is 8.35. The van der Waals surface area contributed by atoms with Gasteiger partial charge in [0.25, 0.3) is 0 Å². The number of amides is 1. The molecule has 0 radical (unpaired) electrons. The molecule has 1 aromatic rings. The van der Waals surface area contributed by atoms with Gasteiger partial charge >= 0.3 is 5.97 Å². The van der Waals surface area contributed by atoms with E-state index in [4.69, 9.17) is 5.11 Å². The molecule has 4 nitrogen and oxygen atoms in total. The third-order valence-electron chi connectivity index (χ3n) is 3.33. The van der Waals surface area contributed by atoms with Crippen LogP contribution in [0, 0.1) is 0 Å². The van der Waals surface area contributed by atoms with Crippen LogP contribution in [0.1, 0.15) is 51.0 Å². The van der Waals surface area contributed by atoms with Crippen LogP contribution in [0.3, 0.4) is 0 Å². The maximum atomic E-state index is 12.3. The Balaban J connectivity index is 2.73. The van der Waals surface area contributed by atoms with Gasteiger partial charge in [0.15, 0.2) is 0 Å². The monoisotopic (exact) mass is 277 g/mol. The number of carboxylic acid groups (broad SMARTS) is 1. The molecule has 2 unspecified atom stereocenters. The summed E-state index contributed by atoms with van der Waals surface area (Å²) in [6, 6.07) is 9.30. The fourth-order valence-electron chi connectivity index (χ4n) is 2.34. The maximum Gasteiger partial charge on any atom is 0.305 e. The molecule has 0 heterocycles. The van der Waals surface area contributed by atoms with Crippen molar-refractivity contribution in [1.82, 2.24) is 5.32 Å². The van der Waals surface area contributed by atoms with Gasteiger partial charge in [0.2, 0.25) is 5.91 Å². The summed E-state index contributed by atoms with van der Waals surface area (Å²) in [7, 11) is 0. The minimum atomic E-state index is -0.878. The molecular weight excluding hydrogens is 254 g/mol. The summed E-state index contributed by atoms with van der Waals surface area (Å²) in [4.78, 5) is 23.2. The number of carbonyl (C=O) groups excluding carboxylic acids is 1. The Morgan fingerprint density at radius 3 is 2.35 bits per heavy atom. The standard InChI is InChI=1S/C16H23NO3/c1-3-8-13(11-15(18)19)17-16(20)14(4-2)12-9-6-5-7-10-12/h5-7,9-10,13-14H,3-4,8,11H2,1-2H3,(H,17,20)(H,18,19). The van der Waals surface area contributed by atoms with Crippen molar-refractivity contribution in [3.05, 3.63) is 35.9 Å². The minimum absolute atomic E-state index is 0.0230. The Morgan fingerprint density at radius 2 is 1.85 bits per heavy atom. The Kier molecular flexibility index (Phi) is 6.77. The molecule has 1 aromatic carbocycles. The highest BCUT2D eigenvalue weighted by atomic mass is 16.4. The van der Waals surface area contributed by atoms with Gasteiger partial charge in [-0.05, 0) is 18.4 Å². The van der Waals surface area contributed by atoms with Crippen LogP contribution in [0.15, 0.2) is 30.3 Å². The van der Waals surface area contributed by atoms with Crippen molar-refractivity contribution in [3.63, 3.8) is 0 Å². The van der Waals surface area contributed by atoms with Crippen LogP contribution < -0.4 is 5.32 Å². The summed E-state index contributed by atoms with van der Waals surface area (Å²) < 4.78 is 0. The van der Waals surface area contributed by atoms with E-state index in [0.29, 0.717) is 12.8 Å². The average Bonchev–Trinajstić information content (AvgIpc) is 2.40. The van der Waals surface area contributed by atoms with Gasteiger partial charge < -0.3 is 10.4 Å². The summed E-state index contributed by atoms with van der Waals surface area (Å²) in [6.45, 7) is 3.94. The SMILES string of the molecule is CCCC(CC(=O)O)NC(=O)C(CC)c1ccccc1. The first-order valence-corrected chi connectivity index (χ1v) is 7.15. The molecule has 0 fully saturated rings. The summed E-state index contributed by atoms with van der Waals surface area (Å²) in [5, 5.41) is 11.8. The van der Waals surface area contributed by atoms with Crippen molar-refractivity contribution < 1.29 is 14.7 Å². The fourth-order valence-corrected chi connectivity index (χ4v) is 2.34. The Morgan fingerprint density at radius 1 is 1.20 bits per heavy atom. The van der Waals surface area contributed by atoms with Crippen molar-refractivity contribution in [1.29, 1.82) is 0 Å². The second-order valence-corrected chi connectivity index (χ2v) is 4.96. The lowest BCUT2D eigenvalue weighted by molar-refractivity contribution is -0.137. The Bertz CT molecular complexity index is 431. The Labute approximate surface area is 120 Å². The molecule has 2 atom stereocenters. The van der Waals surface area contributed by atoms with Gasteiger partial charge in [-0.3, -0.25) is 9.59 Å². The highest BCUT2D eigenvalue weighted by Crippen LogP contribution is 2.20. The maximum absolute atomic E-state index is 12.3. The summed E-state index contributed by atoms with van der Waals surface area (Å²) in [5.74, 6) is -1.18. The molecule has 0 aliphatic heterocycles. The van der Waals surface area contributed by atoms with E-state index in [-0.39, 0.29) is 24.3 Å². The molecule has 2 N–H and O–H groups in total. The van der Waals surface area contributed by atoms with Crippen molar-refractivity contribution >= 4 is 11.9 Å². The second-order valence-electron chi connectivity index (χ2n) is 4.96. The van der Waals surface area contributed by atoms with Crippen molar-refractivity contribution in [2.75, 3.05) is 0 Å². The largest absolute Gasteiger partial charge is 0.481 e. The number of carboxylic acids is 1. The molecule has 0 aliphatic rings. The molecule has 0 bridgehead atoms. The lowest BCUT2D eigenvalue weighted by atomic mass is 9.95. The average molecular weight is 277 g/mol. The summed E-state index contributed by atoms with van der Waals surface area (Å²) in [5.41, 5.74) is 0.970. The van der Waals surface area contributed by atoms with Crippen LogP contribution in [0.2, 0.25) is 0 Å². The van der Waals surface area contributed by atoms with E-state index in [1.807, 2.05) is 44.2 Å². The smallest absolute Gasteiger partial charge is 0.305 e. The lowest BCUT2D eigenvalue weighted by Crippen LogP contribution is -2.39. The van der Waals surface area contributed by atoms with E-state index >= 15 is 0 Å². The van der Waals surface area contributed by atoms with Crippen molar-refractivity contribution in [2.24, 2.45) is 0 Å². The van der Waals surface area contributed by atoms with Crippen LogP contribution in [0.25, 0.3) is 0 Å². The number of hydrogen-bond acceptors (Lipinski definition) is 2. The van der Waals surface area contributed by atoms with Gasteiger partial charge in [-0.25, -0.2) is 0 Å². The number of benzene rings is 1. The fraction of sp³-hybridized carbons (Fsp3) is 0.500. The first-order chi connectivity index (χ1) is 9.58. The van der Waals surface area contributed by atoms with E-state index in [9.17, 15) is 9.59 Å². The zero-order valence-electron chi connectivity index (χ0n) is 12.1. The van der Waals surface area contributed by atoms with Gasteiger partial charge in [0.05, 0.1) is 12.3 Å². The van der Waals surface area contributed by atoms with Crippen LogP contribution in [0.5, 0.6) is 0 Å². The molecule has 0 aromatic heterocycles. The highest BCUT2D eigenvalue weighted by molar-refractivity contribution is 5.84. The zero-order valence-corrected chi connectivity index (χ0v) is 12.1. The molecule has 110 valence electrons. The van der Waals surface area contributed by atoms with Crippen molar-refractivity contribution in [3.8, 4) is 0 Å². The predicted octanol–water partition coefficient (Wildman–Crippen LogP) is 2.94. The molecule has 1 amide bonds. The topological polar surface area (TPSA) is 66.4 Å². The number of rotatable bonds is 8. The van der Waals surface area contributed by atoms with E-state index < -0.39 is 5.97 Å². The number of nitrogens with one attached hydrogen (secondary N) is 1. The van der Waals surface area contributed by atoms with Crippen molar-refractivity contribution in [2.45, 2.75) is 51.5 Å². The van der Waals surface area contributed by atoms with Crippen LogP contribution in [0.4, 0.5) is 0 Å². The third-order valence-corrected chi connectivity index (χ3v) is 3.33. The number of aliphatic carboxylic acids is 1. The molecule has 0 spiro atoms. The summed E-state index contributed by atoms with van der Waals surface area (Å²) >= 11 is 0. The summed E-state index contributed by atoms with van der Waals surface area (Å²) in [6.07, 6.45) is 2.20. The highest BCUT2D eigenvalue weighted by Gasteiger charge is 2.22. The normalized spacial score (nSPS) is 13.5. The Hall–Kier alpha value is -1.84. The molecule has 4 heteroatoms. The number of hydrogen-bond donors (Lipinski definition) is 2. The minimum Gasteiger partial charge on any atom is -0.481 e. The van der Waals surface area contributed by atoms with E-state index in [1.54, 1.807) is 0 Å². The molecule has 0 saturated carbocycles. The molecule has 1 rings (SSSR count). The van der Waals surface area contributed by atoms with Gasteiger partial charge in [-0.15, -0.1) is 0 Å². The van der Waals surface area contributed by atoms with Gasteiger partial charge in [-0.2, -0.15) is 0 Å². The quantitative estimate of drug-likeness (QED) is 0.767. The van der Waals surface area contributed by atoms with Gasteiger partial charge in [0.1, 0.15) is 0 Å². The molecular formula is C16H23NO3. The van der Waals surface area contributed by atoms with E-state index in [2.05, 4.69) is 5.32 Å². The molecule has 20 heavy (non-hydrogen) atoms. The van der Waals surface area contributed by atoms with Crippen LogP contribution in [-0.4, -0.2) is 23.0 Å². The third kappa shape index (κ3) is 5.03. The first kappa shape index (κ1) is 16.2. The lowest BCUT2D eigenvalue weighted by Gasteiger charge is -2.21. The molecule has 0 aliphatic carbocycles.